The van der Waals surface area contributed by atoms with E-state index < -0.39 is 10.0 Å². The molecule has 0 aromatic heterocycles. The molecule has 0 radical (unpaired) electrons. The smallest absolute Gasteiger partial charge is 0.238 e. The lowest BCUT2D eigenvalue weighted by molar-refractivity contribution is 0.0998. The highest BCUT2D eigenvalue weighted by Crippen LogP contribution is 2.24. The van der Waals surface area contributed by atoms with E-state index in [4.69, 9.17) is 5.14 Å². The number of sulfonamides is 1. The van der Waals surface area contributed by atoms with E-state index in [-0.39, 0.29) is 17.0 Å². The Labute approximate surface area is 126 Å². The van der Waals surface area contributed by atoms with Crippen molar-refractivity contribution < 1.29 is 13.5 Å². The minimum atomic E-state index is -3.66. The van der Waals surface area contributed by atoms with E-state index in [9.17, 15) is 13.5 Å². The zero-order valence-corrected chi connectivity index (χ0v) is 13.1. The van der Waals surface area contributed by atoms with Gasteiger partial charge in [-0.1, -0.05) is 18.6 Å². The molecule has 118 valence electrons. The third-order valence-corrected chi connectivity index (χ3v) is 5.07. The number of benzene rings is 1. The summed E-state index contributed by atoms with van der Waals surface area (Å²) >= 11 is 0. The molecule has 1 aromatic rings. The second kappa shape index (κ2) is 6.87. The van der Waals surface area contributed by atoms with Crippen molar-refractivity contribution in [3.05, 3.63) is 29.8 Å². The van der Waals surface area contributed by atoms with Gasteiger partial charge in [-0.2, -0.15) is 0 Å². The molecule has 1 fully saturated rings. The lowest BCUT2D eigenvalue weighted by Gasteiger charge is -2.27. The van der Waals surface area contributed by atoms with Gasteiger partial charge < -0.3 is 10.4 Å². The summed E-state index contributed by atoms with van der Waals surface area (Å²) in [6.07, 6.45) is 3.78. The quantitative estimate of drug-likeness (QED) is 0.769. The van der Waals surface area contributed by atoms with Crippen molar-refractivity contribution in [2.75, 3.05) is 6.54 Å². The van der Waals surface area contributed by atoms with Gasteiger partial charge in [0.05, 0.1) is 11.0 Å². The molecule has 0 spiro atoms. The van der Waals surface area contributed by atoms with Gasteiger partial charge in [0.1, 0.15) is 0 Å². The molecule has 3 unspecified atom stereocenters. The van der Waals surface area contributed by atoms with E-state index in [1.807, 2.05) is 13.0 Å². The lowest BCUT2D eigenvalue weighted by Crippen LogP contribution is -2.30. The Morgan fingerprint density at radius 3 is 2.86 bits per heavy atom. The van der Waals surface area contributed by atoms with Gasteiger partial charge in [-0.15, -0.1) is 0 Å². The molecular formula is C15H24N2O3S. The van der Waals surface area contributed by atoms with Crippen LogP contribution in [0.2, 0.25) is 0 Å². The number of hydrogen-bond acceptors (Lipinski definition) is 4. The number of primary sulfonamides is 1. The van der Waals surface area contributed by atoms with Crippen molar-refractivity contribution in [1.29, 1.82) is 0 Å². The molecular weight excluding hydrogens is 288 g/mol. The van der Waals surface area contributed by atoms with Crippen molar-refractivity contribution in [2.24, 2.45) is 11.1 Å². The molecule has 1 aliphatic rings. The second-order valence-electron chi connectivity index (χ2n) is 5.93. The first kappa shape index (κ1) is 16.4. The van der Waals surface area contributed by atoms with Crippen LogP contribution in [0.1, 0.15) is 44.2 Å². The highest BCUT2D eigenvalue weighted by Gasteiger charge is 2.20. The third kappa shape index (κ3) is 4.78. The molecule has 0 heterocycles. The van der Waals surface area contributed by atoms with Gasteiger partial charge >= 0.3 is 0 Å². The molecule has 6 heteroatoms. The van der Waals surface area contributed by atoms with E-state index in [1.165, 1.54) is 6.07 Å². The molecule has 21 heavy (non-hydrogen) atoms. The van der Waals surface area contributed by atoms with E-state index >= 15 is 0 Å². The fourth-order valence-electron chi connectivity index (χ4n) is 2.87. The van der Waals surface area contributed by atoms with Crippen LogP contribution in [0.25, 0.3) is 0 Å². The molecule has 0 aliphatic heterocycles. The highest BCUT2D eigenvalue weighted by molar-refractivity contribution is 7.89. The molecule has 1 aliphatic carbocycles. The summed E-state index contributed by atoms with van der Waals surface area (Å²) in [5.41, 5.74) is 0.901. The summed E-state index contributed by atoms with van der Waals surface area (Å²) in [6, 6.07) is 6.76. The summed E-state index contributed by atoms with van der Waals surface area (Å²) < 4.78 is 22.8. The summed E-state index contributed by atoms with van der Waals surface area (Å²) in [7, 11) is -3.66. The van der Waals surface area contributed by atoms with Crippen molar-refractivity contribution in [3.63, 3.8) is 0 Å². The Morgan fingerprint density at radius 1 is 1.43 bits per heavy atom. The maximum atomic E-state index is 11.4. The number of nitrogens with one attached hydrogen (secondary N) is 1. The normalized spacial score (nSPS) is 24.7. The first-order chi connectivity index (χ1) is 9.86. The Balaban J connectivity index is 1.95. The van der Waals surface area contributed by atoms with Crippen LogP contribution in [0.5, 0.6) is 0 Å². The number of rotatable bonds is 5. The molecule has 1 aromatic carbocycles. The lowest BCUT2D eigenvalue weighted by atomic mass is 9.87. The Hall–Kier alpha value is -0.950. The summed E-state index contributed by atoms with van der Waals surface area (Å²) in [6.45, 7) is 2.83. The first-order valence-corrected chi connectivity index (χ1v) is 8.95. The number of nitrogens with two attached hydrogens (primary N) is 1. The number of aliphatic hydroxyl groups excluding tert-OH is 1. The van der Waals surface area contributed by atoms with Crippen LogP contribution in [0.3, 0.4) is 0 Å². The second-order valence-corrected chi connectivity index (χ2v) is 7.50. The van der Waals surface area contributed by atoms with Crippen LogP contribution >= 0.6 is 0 Å². The molecule has 1 saturated carbocycles. The van der Waals surface area contributed by atoms with Crippen molar-refractivity contribution >= 4 is 10.0 Å². The maximum Gasteiger partial charge on any atom is 0.238 e. The van der Waals surface area contributed by atoms with Gasteiger partial charge in [0.2, 0.25) is 10.0 Å². The van der Waals surface area contributed by atoms with E-state index in [0.717, 1.165) is 37.8 Å². The molecule has 3 atom stereocenters. The number of hydrogen-bond donors (Lipinski definition) is 3. The van der Waals surface area contributed by atoms with Crippen LogP contribution in [0.15, 0.2) is 29.2 Å². The SMILES string of the molecule is CC(NCC1CCCC(O)C1)c1cccc(S(N)(=O)=O)c1. The third-order valence-electron chi connectivity index (χ3n) is 4.15. The minimum Gasteiger partial charge on any atom is -0.393 e. The van der Waals surface area contributed by atoms with Crippen molar-refractivity contribution in [2.45, 2.75) is 49.6 Å². The van der Waals surface area contributed by atoms with Crippen LogP contribution in [0.4, 0.5) is 0 Å². The molecule has 0 amide bonds. The van der Waals surface area contributed by atoms with Gasteiger partial charge in [-0.3, -0.25) is 0 Å². The van der Waals surface area contributed by atoms with Crippen LogP contribution < -0.4 is 10.5 Å². The van der Waals surface area contributed by atoms with Gasteiger partial charge in [0.15, 0.2) is 0 Å². The average Bonchev–Trinajstić information content (AvgIpc) is 2.44. The zero-order valence-electron chi connectivity index (χ0n) is 12.3. The largest absolute Gasteiger partial charge is 0.393 e. The number of aliphatic hydroxyl groups is 1. The fourth-order valence-corrected chi connectivity index (χ4v) is 3.44. The molecule has 2 rings (SSSR count). The van der Waals surface area contributed by atoms with Crippen molar-refractivity contribution in [1.82, 2.24) is 5.32 Å². The van der Waals surface area contributed by atoms with E-state index in [2.05, 4.69) is 5.32 Å². The standard InChI is InChI=1S/C15H24N2O3S/c1-11(17-10-12-4-2-6-14(18)8-12)13-5-3-7-15(9-13)21(16,19)20/h3,5,7,9,11-12,14,17-18H,2,4,6,8,10H2,1H3,(H2,16,19,20). The van der Waals surface area contributed by atoms with E-state index in [0.29, 0.717) is 5.92 Å². The first-order valence-electron chi connectivity index (χ1n) is 7.40. The maximum absolute atomic E-state index is 11.4. The van der Waals surface area contributed by atoms with Gasteiger partial charge in [0, 0.05) is 6.04 Å². The molecule has 5 nitrogen and oxygen atoms in total. The zero-order chi connectivity index (χ0) is 15.5. The van der Waals surface area contributed by atoms with Crippen molar-refractivity contribution in [3.8, 4) is 0 Å². The summed E-state index contributed by atoms with van der Waals surface area (Å²) in [5.74, 6) is 0.484. The summed E-state index contributed by atoms with van der Waals surface area (Å²) in [4.78, 5) is 0.140. The monoisotopic (exact) mass is 312 g/mol. The Kier molecular flexibility index (Phi) is 5.37. The predicted molar refractivity (Wildman–Crippen MR) is 82.2 cm³/mol. The fraction of sp³-hybridized carbons (Fsp3) is 0.600. The van der Waals surface area contributed by atoms with Crippen LogP contribution in [-0.2, 0) is 10.0 Å². The van der Waals surface area contributed by atoms with Crippen LogP contribution in [0, 0.1) is 5.92 Å². The summed E-state index contributed by atoms with van der Waals surface area (Å²) in [5, 5.41) is 18.3. The Bertz CT molecular complexity index is 574. The van der Waals surface area contributed by atoms with Gasteiger partial charge in [-0.25, -0.2) is 13.6 Å². The molecule has 0 bridgehead atoms. The van der Waals surface area contributed by atoms with Gasteiger partial charge in [-0.05, 0) is 56.3 Å². The average molecular weight is 312 g/mol. The topological polar surface area (TPSA) is 92.4 Å². The van der Waals surface area contributed by atoms with Gasteiger partial charge in [0.25, 0.3) is 0 Å². The Morgan fingerprint density at radius 2 is 2.19 bits per heavy atom. The van der Waals surface area contributed by atoms with Crippen LogP contribution in [-0.4, -0.2) is 26.2 Å². The molecule has 4 N–H and O–H groups in total. The predicted octanol–water partition coefficient (Wildman–Crippen LogP) is 1.54. The van der Waals surface area contributed by atoms with E-state index in [1.54, 1.807) is 12.1 Å². The minimum absolute atomic E-state index is 0.0470. The highest BCUT2D eigenvalue weighted by atomic mass is 32.2. The molecule has 0 saturated heterocycles.